The molecule has 1 saturated heterocycles. The van der Waals surface area contributed by atoms with Crippen LogP contribution >= 0.6 is 0 Å². The molecule has 1 atom stereocenters. The normalized spacial score (nSPS) is 15.7. The number of nitrogens with zero attached hydrogens (tertiary/aromatic N) is 3. The van der Waals surface area contributed by atoms with E-state index in [9.17, 15) is 9.59 Å². The van der Waals surface area contributed by atoms with E-state index in [2.05, 4.69) is 15.0 Å². The molecule has 3 aromatic rings. The number of rotatable bonds is 6. The zero-order chi connectivity index (χ0) is 21.8. The number of ether oxygens (including phenoxy) is 2. The number of hydrogen-bond donors (Lipinski definition) is 1. The van der Waals surface area contributed by atoms with E-state index >= 15 is 0 Å². The van der Waals surface area contributed by atoms with Gasteiger partial charge in [-0.25, -0.2) is 4.98 Å². The first kappa shape index (κ1) is 20.6. The summed E-state index contributed by atoms with van der Waals surface area (Å²) in [5.41, 5.74) is 2.09. The molecule has 1 aliphatic heterocycles. The Kier molecular flexibility index (Phi) is 5.97. The van der Waals surface area contributed by atoms with Gasteiger partial charge in [0.1, 0.15) is 5.69 Å². The van der Waals surface area contributed by atoms with Crippen LogP contribution in [0.5, 0.6) is 11.5 Å². The maximum atomic E-state index is 12.7. The van der Waals surface area contributed by atoms with E-state index in [0.717, 1.165) is 12.0 Å². The Bertz CT molecular complexity index is 1130. The lowest BCUT2D eigenvalue weighted by Crippen LogP contribution is -2.33. The molecule has 2 aromatic heterocycles. The Labute approximate surface area is 179 Å². The summed E-state index contributed by atoms with van der Waals surface area (Å²) >= 11 is 0. The standard InChI is InChI=1S/C23H24N4O4/c1-15-6-7-19(20(11-15)30-2)31-14-22(29)27-10-8-16(13-27)18-12-21(28)26-23(25-18)17-5-3-4-9-24-17/h3-7,9,11-12,16H,8,10,13-14H2,1-2H3,(H,25,26,28). The summed E-state index contributed by atoms with van der Waals surface area (Å²) in [6, 6.07) is 12.5. The van der Waals surface area contributed by atoms with Crippen molar-refractivity contribution in [3.63, 3.8) is 0 Å². The van der Waals surface area contributed by atoms with Crippen molar-refractivity contribution in [2.24, 2.45) is 0 Å². The summed E-state index contributed by atoms with van der Waals surface area (Å²) in [4.78, 5) is 38.2. The second-order valence-electron chi connectivity index (χ2n) is 7.50. The molecule has 1 N–H and O–H groups in total. The zero-order valence-corrected chi connectivity index (χ0v) is 17.5. The van der Waals surface area contributed by atoms with Gasteiger partial charge in [0.2, 0.25) is 0 Å². The van der Waals surface area contributed by atoms with Crippen molar-refractivity contribution in [1.82, 2.24) is 19.9 Å². The molecule has 8 heteroatoms. The summed E-state index contributed by atoms with van der Waals surface area (Å²) < 4.78 is 11.0. The molecule has 3 heterocycles. The first-order valence-electron chi connectivity index (χ1n) is 10.1. The second-order valence-corrected chi connectivity index (χ2v) is 7.50. The smallest absolute Gasteiger partial charge is 0.260 e. The fourth-order valence-corrected chi connectivity index (χ4v) is 3.66. The number of likely N-dealkylation sites (tertiary alicyclic amines) is 1. The van der Waals surface area contributed by atoms with Gasteiger partial charge in [-0.1, -0.05) is 12.1 Å². The molecule has 0 bridgehead atoms. The van der Waals surface area contributed by atoms with Crippen LogP contribution in [0, 0.1) is 6.92 Å². The lowest BCUT2D eigenvalue weighted by molar-refractivity contribution is -0.132. The average molecular weight is 420 g/mol. The number of hydrogen-bond acceptors (Lipinski definition) is 6. The minimum atomic E-state index is -0.231. The van der Waals surface area contributed by atoms with Gasteiger partial charge in [0.15, 0.2) is 23.9 Å². The quantitative estimate of drug-likeness (QED) is 0.658. The van der Waals surface area contributed by atoms with E-state index in [1.165, 1.54) is 6.07 Å². The number of benzene rings is 1. The molecular weight excluding hydrogens is 396 g/mol. The molecule has 0 aliphatic carbocycles. The third kappa shape index (κ3) is 4.74. The minimum Gasteiger partial charge on any atom is -0.493 e. The van der Waals surface area contributed by atoms with Crippen molar-refractivity contribution >= 4 is 5.91 Å². The summed E-state index contributed by atoms with van der Waals surface area (Å²) in [5, 5.41) is 0. The van der Waals surface area contributed by atoms with Gasteiger partial charge in [-0.3, -0.25) is 14.6 Å². The average Bonchev–Trinajstić information content (AvgIpc) is 3.29. The van der Waals surface area contributed by atoms with Crippen LogP contribution in [-0.4, -0.2) is 52.6 Å². The molecule has 31 heavy (non-hydrogen) atoms. The highest BCUT2D eigenvalue weighted by molar-refractivity contribution is 5.78. The molecule has 1 aliphatic rings. The number of aromatic amines is 1. The van der Waals surface area contributed by atoms with E-state index in [-0.39, 0.29) is 24.0 Å². The Morgan fingerprint density at radius 1 is 1.23 bits per heavy atom. The van der Waals surface area contributed by atoms with Crippen LogP contribution < -0.4 is 15.0 Å². The number of H-pyrrole nitrogens is 1. The van der Waals surface area contributed by atoms with E-state index < -0.39 is 0 Å². The van der Waals surface area contributed by atoms with Crippen molar-refractivity contribution in [1.29, 1.82) is 0 Å². The third-order valence-electron chi connectivity index (χ3n) is 5.30. The zero-order valence-electron chi connectivity index (χ0n) is 17.5. The molecule has 0 saturated carbocycles. The summed E-state index contributed by atoms with van der Waals surface area (Å²) in [5.74, 6) is 1.44. The van der Waals surface area contributed by atoms with Crippen molar-refractivity contribution in [3.05, 3.63) is 70.3 Å². The van der Waals surface area contributed by atoms with E-state index in [0.29, 0.717) is 41.8 Å². The van der Waals surface area contributed by atoms with Crippen molar-refractivity contribution < 1.29 is 14.3 Å². The van der Waals surface area contributed by atoms with Crippen LogP contribution in [0.25, 0.3) is 11.5 Å². The maximum Gasteiger partial charge on any atom is 0.260 e. The first-order chi connectivity index (χ1) is 15.0. The molecule has 160 valence electrons. The Morgan fingerprint density at radius 3 is 2.87 bits per heavy atom. The fraction of sp³-hybridized carbons (Fsp3) is 0.304. The van der Waals surface area contributed by atoms with Crippen molar-refractivity contribution in [2.75, 3.05) is 26.8 Å². The van der Waals surface area contributed by atoms with Gasteiger partial charge in [-0.15, -0.1) is 0 Å². The Balaban J connectivity index is 1.42. The maximum absolute atomic E-state index is 12.7. The van der Waals surface area contributed by atoms with E-state index in [1.54, 1.807) is 36.4 Å². The summed E-state index contributed by atoms with van der Waals surface area (Å²) in [6.07, 6.45) is 2.39. The number of aryl methyl sites for hydroxylation is 1. The number of pyridine rings is 1. The van der Waals surface area contributed by atoms with Gasteiger partial charge in [-0.2, -0.15) is 0 Å². The highest BCUT2D eigenvalue weighted by Crippen LogP contribution is 2.29. The molecule has 1 fully saturated rings. The molecule has 4 rings (SSSR count). The van der Waals surface area contributed by atoms with Gasteiger partial charge < -0.3 is 19.4 Å². The summed E-state index contributed by atoms with van der Waals surface area (Å²) in [7, 11) is 1.57. The Morgan fingerprint density at radius 2 is 2.10 bits per heavy atom. The third-order valence-corrected chi connectivity index (χ3v) is 5.30. The number of aromatic nitrogens is 3. The number of nitrogens with one attached hydrogen (secondary N) is 1. The van der Waals surface area contributed by atoms with Gasteiger partial charge in [0.25, 0.3) is 11.5 Å². The van der Waals surface area contributed by atoms with Crippen LogP contribution in [0.4, 0.5) is 0 Å². The fourth-order valence-electron chi connectivity index (χ4n) is 3.66. The van der Waals surface area contributed by atoms with Crippen LogP contribution in [0.1, 0.15) is 23.6 Å². The molecule has 1 amide bonds. The largest absolute Gasteiger partial charge is 0.493 e. The highest BCUT2D eigenvalue weighted by Gasteiger charge is 2.29. The van der Waals surface area contributed by atoms with Crippen LogP contribution in [0.2, 0.25) is 0 Å². The molecule has 1 aromatic carbocycles. The molecule has 0 spiro atoms. The van der Waals surface area contributed by atoms with Crippen LogP contribution in [0.3, 0.4) is 0 Å². The number of amides is 1. The van der Waals surface area contributed by atoms with Crippen LogP contribution in [-0.2, 0) is 4.79 Å². The minimum absolute atomic E-state index is 0.0115. The Hall–Kier alpha value is -3.68. The lowest BCUT2D eigenvalue weighted by Gasteiger charge is -2.18. The van der Waals surface area contributed by atoms with Crippen molar-refractivity contribution in [3.8, 4) is 23.0 Å². The molecule has 1 unspecified atom stereocenters. The predicted octanol–water partition coefficient (Wildman–Crippen LogP) is 2.54. The SMILES string of the molecule is COc1cc(C)ccc1OCC(=O)N1CCC(c2cc(=O)[nH]c(-c3ccccn3)n2)C1. The van der Waals surface area contributed by atoms with Gasteiger partial charge >= 0.3 is 0 Å². The topological polar surface area (TPSA) is 97.4 Å². The number of carbonyl (C=O) groups is 1. The summed E-state index contributed by atoms with van der Waals surface area (Å²) in [6.45, 7) is 2.97. The van der Waals surface area contributed by atoms with Gasteiger partial charge in [0.05, 0.1) is 12.8 Å². The molecular formula is C23H24N4O4. The van der Waals surface area contributed by atoms with E-state index in [4.69, 9.17) is 9.47 Å². The number of carbonyl (C=O) groups excluding carboxylic acids is 1. The predicted molar refractivity (Wildman–Crippen MR) is 115 cm³/mol. The van der Waals surface area contributed by atoms with E-state index in [1.807, 2.05) is 25.1 Å². The molecule has 0 radical (unpaired) electrons. The van der Waals surface area contributed by atoms with Gasteiger partial charge in [0, 0.05) is 31.3 Å². The number of methoxy groups -OCH3 is 1. The van der Waals surface area contributed by atoms with Crippen molar-refractivity contribution in [2.45, 2.75) is 19.3 Å². The van der Waals surface area contributed by atoms with Crippen LogP contribution in [0.15, 0.2) is 53.5 Å². The first-order valence-corrected chi connectivity index (χ1v) is 10.1. The van der Waals surface area contributed by atoms with Gasteiger partial charge in [-0.05, 0) is 43.2 Å². The monoisotopic (exact) mass is 420 g/mol. The lowest BCUT2D eigenvalue weighted by atomic mass is 10.0. The molecule has 8 nitrogen and oxygen atoms in total. The second kappa shape index (κ2) is 8.99. The highest BCUT2D eigenvalue weighted by atomic mass is 16.5.